The van der Waals surface area contributed by atoms with Crippen molar-refractivity contribution in [2.75, 3.05) is 18.5 Å². The van der Waals surface area contributed by atoms with E-state index >= 15 is 0 Å². The van der Waals surface area contributed by atoms with Crippen LogP contribution in [-0.4, -0.2) is 56.6 Å². The van der Waals surface area contributed by atoms with E-state index in [0.29, 0.717) is 6.42 Å². The highest BCUT2D eigenvalue weighted by Crippen LogP contribution is 2.63. The highest BCUT2D eigenvalue weighted by Gasteiger charge is 2.56. The molecule has 182 valence electrons. The molecule has 2 N–H and O–H groups in total. The average Bonchev–Trinajstić information content (AvgIpc) is 3.51. The van der Waals surface area contributed by atoms with Crippen LogP contribution in [0.3, 0.4) is 0 Å². The molecule has 1 unspecified atom stereocenters. The SMILES string of the molecule is CC(=O)Nc1ccn([C@H]2CC(O[P@]3O[C@@](C)(c4ccccc4)[C@H]4CCCN43)[C@@H](CO)O2)c(=O)n1. The first-order chi connectivity index (χ1) is 16.4. The first kappa shape index (κ1) is 23.5. The van der Waals surface area contributed by atoms with Crippen molar-refractivity contribution >= 4 is 20.3 Å². The van der Waals surface area contributed by atoms with Gasteiger partial charge in [0.05, 0.1) is 18.8 Å². The molecule has 3 fully saturated rings. The Bertz CT molecular complexity index is 1100. The number of hydrogen-bond donors (Lipinski definition) is 2. The zero-order chi connectivity index (χ0) is 23.9. The van der Waals surface area contributed by atoms with Crippen molar-refractivity contribution < 1.29 is 23.7 Å². The van der Waals surface area contributed by atoms with Crippen LogP contribution in [0.1, 0.15) is 44.9 Å². The number of amides is 1. The van der Waals surface area contributed by atoms with Gasteiger partial charge in [0.15, 0.2) is 0 Å². The number of ether oxygens (including phenoxy) is 1. The van der Waals surface area contributed by atoms with E-state index in [-0.39, 0.29) is 24.4 Å². The topological polar surface area (TPSA) is 115 Å². The largest absolute Gasteiger partial charge is 0.394 e. The smallest absolute Gasteiger partial charge is 0.351 e. The van der Waals surface area contributed by atoms with Gasteiger partial charge in [0.1, 0.15) is 23.8 Å². The Labute approximate surface area is 198 Å². The Morgan fingerprint density at radius 3 is 2.85 bits per heavy atom. The van der Waals surface area contributed by atoms with Gasteiger partial charge >= 0.3 is 5.69 Å². The van der Waals surface area contributed by atoms with Gasteiger partial charge in [-0.05, 0) is 31.4 Å². The molecular weight excluding hydrogens is 459 g/mol. The molecule has 5 rings (SSSR count). The molecule has 3 aliphatic rings. The number of rotatable bonds is 6. The van der Waals surface area contributed by atoms with Crippen LogP contribution in [0.25, 0.3) is 0 Å². The average molecular weight is 488 g/mol. The maximum Gasteiger partial charge on any atom is 0.351 e. The van der Waals surface area contributed by atoms with Crippen LogP contribution in [0.4, 0.5) is 5.82 Å². The molecule has 34 heavy (non-hydrogen) atoms. The van der Waals surface area contributed by atoms with Crippen LogP contribution in [0.5, 0.6) is 0 Å². The van der Waals surface area contributed by atoms with Crippen LogP contribution < -0.4 is 11.0 Å². The lowest BCUT2D eigenvalue weighted by atomic mass is 9.87. The second kappa shape index (κ2) is 9.45. The minimum Gasteiger partial charge on any atom is -0.394 e. The molecule has 1 amide bonds. The molecule has 0 bridgehead atoms. The minimum atomic E-state index is -1.36. The van der Waals surface area contributed by atoms with E-state index in [4.69, 9.17) is 13.8 Å². The van der Waals surface area contributed by atoms with Crippen molar-refractivity contribution in [3.8, 4) is 0 Å². The molecule has 0 radical (unpaired) electrons. The van der Waals surface area contributed by atoms with Crippen molar-refractivity contribution in [1.82, 2.24) is 14.2 Å². The van der Waals surface area contributed by atoms with Crippen molar-refractivity contribution in [1.29, 1.82) is 0 Å². The minimum absolute atomic E-state index is 0.182. The fraction of sp³-hybridized carbons (Fsp3) is 0.522. The lowest BCUT2D eigenvalue weighted by Gasteiger charge is -2.29. The van der Waals surface area contributed by atoms with E-state index in [1.807, 2.05) is 18.2 Å². The summed E-state index contributed by atoms with van der Waals surface area (Å²) < 4.78 is 22.7. The Hall–Kier alpha value is -2.20. The second-order valence-electron chi connectivity index (χ2n) is 9.00. The summed E-state index contributed by atoms with van der Waals surface area (Å²) in [6.45, 7) is 4.13. The van der Waals surface area contributed by atoms with Gasteiger partial charge < -0.3 is 24.2 Å². The van der Waals surface area contributed by atoms with Gasteiger partial charge in [-0.2, -0.15) is 4.98 Å². The van der Waals surface area contributed by atoms with Crippen LogP contribution in [0.2, 0.25) is 0 Å². The predicted octanol–water partition coefficient (Wildman–Crippen LogP) is 2.50. The van der Waals surface area contributed by atoms with Crippen molar-refractivity contribution in [2.24, 2.45) is 0 Å². The van der Waals surface area contributed by atoms with Crippen molar-refractivity contribution in [3.63, 3.8) is 0 Å². The highest BCUT2D eigenvalue weighted by molar-refractivity contribution is 7.45. The van der Waals surface area contributed by atoms with E-state index in [2.05, 4.69) is 34.0 Å². The zero-order valence-electron chi connectivity index (χ0n) is 19.2. The van der Waals surface area contributed by atoms with Gasteiger partial charge in [0, 0.05) is 26.1 Å². The summed E-state index contributed by atoms with van der Waals surface area (Å²) in [6, 6.07) is 12.0. The standard InChI is InChI=1S/C23H29N4O6P/c1-15(29)24-20-10-12-26(22(30)25-20)21-13-17(18(14-28)31-21)32-34-27-11-6-9-19(27)23(2,33-34)16-7-4-3-5-8-16/h3-5,7-8,10,12,17-19,21,28H,6,9,11,13-14H2,1-2H3,(H,24,25,29,30)/t17?,18-,19-,21-,23+,34-/m1/s1. The third-order valence-corrected chi connectivity index (χ3v) is 8.60. The van der Waals surface area contributed by atoms with Gasteiger partial charge in [0.2, 0.25) is 5.91 Å². The first-order valence-corrected chi connectivity index (χ1v) is 12.6. The first-order valence-electron chi connectivity index (χ1n) is 11.5. The molecule has 11 heteroatoms. The van der Waals surface area contributed by atoms with Crippen LogP contribution >= 0.6 is 8.53 Å². The molecule has 0 spiro atoms. The molecule has 10 nitrogen and oxygen atoms in total. The molecular formula is C23H29N4O6P. The summed E-state index contributed by atoms with van der Waals surface area (Å²) in [7, 11) is -1.36. The van der Waals surface area contributed by atoms with E-state index in [9.17, 15) is 14.7 Å². The third-order valence-electron chi connectivity index (χ3n) is 6.72. The fourth-order valence-corrected chi connectivity index (χ4v) is 7.16. The lowest BCUT2D eigenvalue weighted by Crippen LogP contribution is -2.36. The Morgan fingerprint density at radius 1 is 1.35 bits per heavy atom. The molecule has 0 saturated carbocycles. The van der Waals surface area contributed by atoms with Gasteiger partial charge in [-0.25, -0.2) is 9.46 Å². The summed E-state index contributed by atoms with van der Waals surface area (Å²) in [4.78, 5) is 27.7. The Kier molecular flexibility index (Phi) is 6.54. The Morgan fingerprint density at radius 2 is 2.15 bits per heavy atom. The van der Waals surface area contributed by atoms with Crippen molar-refractivity contribution in [3.05, 3.63) is 58.6 Å². The van der Waals surface area contributed by atoms with Crippen LogP contribution in [-0.2, 0) is 24.2 Å². The monoisotopic (exact) mass is 488 g/mol. The fourth-order valence-electron chi connectivity index (χ4n) is 5.02. The maximum atomic E-state index is 12.5. The summed E-state index contributed by atoms with van der Waals surface area (Å²) in [5.41, 5.74) is 0.0987. The number of aliphatic hydroxyl groups excluding tert-OH is 1. The quantitative estimate of drug-likeness (QED) is 0.596. The molecule has 4 heterocycles. The number of aromatic nitrogens is 2. The van der Waals surface area contributed by atoms with Crippen molar-refractivity contribution in [2.45, 2.75) is 63.2 Å². The predicted molar refractivity (Wildman–Crippen MR) is 125 cm³/mol. The summed E-state index contributed by atoms with van der Waals surface area (Å²) in [5, 5.41) is 12.4. The number of nitrogens with one attached hydrogen (secondary N) is 1. The number of carbonyl (C=O) groups is 1. The van der Waals surface area contributed by atoms with E-state index < -0.39 is 38.3 Å². The van der Waals surface area contributed by atoms with Gasteiger partial charge in [0.25, 0.3) is 8.53 Å². The summed E-state index contributed by atoms with van der Waals surface area (Å²) in [6.07, 6.45) is 2.33. The number of fused-ring (bicyclic) bond motifs is 1. The summed E-state index contributed by atoms with van der Waals surface area (Å²) in [5.74, 6) is -0.126. The molecule has 2 aromatic rings. The lowest BCUT2D eigenvalue weighted by molar-refractivity contribution is -0.114. The summed E-state index contributed by atoms with van der Waals surface area (Å²) >= 11 is 0. The number of anilines is 1. The van der Waals surface area contributed by atoms with Gasteiger partial charge in [-0.15, -0.1) is 0 Å². The van der Waals surface area contributed by atoms with E-state index in [1.54, 1.807) is 6.07 Å². The molecule has 6 atom stereocenters. The Balaban J connectivity index is 1.33. The molecule has 1 aromatic heterocycles. The molecule has 1 aromatic carbocycles. The van der Waals surface area contributed by atoms with Crippen LogP contribution in [0, 0.1) is 0 Å². The number of aliphatic hydroxyl groups is 1. The van der Waals surface area contributed by atoms with Crippen LogP contribution in [0.15, 0.2) is 47.4 Å². The zero-order valence-corrected chi connectivity index (χ0v) is 20.1. The van der Waals surface area contributed by atoms with Gasteiger partial charge in [-0.1, -0.05) is 30.3 Å². The number of carbonyl (C=O) groups excluding carboxylic acids is 1. The molecule has 3 saturated heterocycles. The number of hydrogen-bond acceptors (Lipinski definition) is 8. The molecule has 3 aliphatic heterocycles. The normalized spacial score (nSPS) is 33.2. The number of benzene rings is 1. The van der Waals surface area contributed by atoms with Gasteiger partial charge in [-0.3, -0.25) is 9.36 Å². The maximum absolute atomic E-state index is 12.5. The second-order valence-corrected chi connectivity index (χ2v) is 10.4. The highest BCUT2D eigenvalue weighted by atomic mass is 31.2. The van der Waals surface area contributed by atoms with E-state index in [1.165, 1.54) is 17.7 Å². The molecule has 0 aliphatic carbocycles. The van der Waals surface area contributed by atoms with E-state index in [0.717, 1.165) is 24.9 Å². The number of nitrogens with zero attached hydrogens (tertiary/aromatic N) is 3. The third kappa shape index (κ3) is 4.30.